The van der Waals surface area contributed by atoms with Gasteiger partial charge in [0.15, 0.2) is 0 Å². The molecule has 2 nitrogen and oxygen atoms in total. The van der Waals surface area contributed by atoms with Gasteiger partial charge >= 0.3 is 0 Å². The SMILES string of the molecule is C=C/C(=C\c1oc2ccccc2c1C)N(c1ccc(-c2ccccc2)cc1)c1ccc2c(c1)C1(c3ccccc3Sc3ccccc31)c1cc3ccccc3cc1-2. The van der Waals surface area contributed by atoms with Crippen LogP contribution in [0.15, 0.2) is 215 Å². The molecule has 3 heteroatoms. The topological polar surface area (TPSA) is 16.4 Å². The van der Waals surface area contributed by atoms with Gasteiger partial charge in [0.1, 0.15) is 11.3 Å². The van der Waals surface area contributed by atoms with Crippen LogP contribution in [0.1, 0.15) is 33.6 Å². The molecule has 0 amide bonds. The zero-order valence-corrected chi connectivity index (χ0v) is 32.3. The Kier molecular flexibility index (Phi) is 7.74. The molecule has 8 aromatic carbocycles. The van der Waals surface area contributed by atoms with Gasteiger partial charge in [-0.25, -0.2) is 0 Å². The van der Waals surface area contributed by atoms with Crippen molar-refractivity contribution in [3.63, 3.8) is 0 Å². The molecule has 0 atom stereocenters. The molecule has 2 heterocycles. The molecular formula is C54H37NOS. The van der Waals surface area contributed by atoms with E-state index in [2.05, 4.69) is 194 Å². The second-order valence-electron chi connectivity index (χ2n) is 14.9. The van der Waals surface area contributed by atoms with Crippen molar-refractivity contribution in [3.05, 3.63) is 234 Å². The quantitative estimate of drug-likeness (QED) is 0.158. The molecule has 0 N–H and O–H groups in total. The Hall–Kier alpha value is -6.81. The van der Waals surface area contributed by atoms with Crippen molar-refractivity contribution < 1.29 is 4.42 Å². The molecule has 9 aromatic rings. The van der Waals surface area contributed by atoms with E-state index in [1.54, 1.807) is 0 Å². The number of furan rings is 1. The molecule has 1 aliphatic carbocycles. The largest absolute Gasteiger partial charge is 0.456 e. The molecular weight excluding hydrogens is 711 g/mol. The minimum atomic E-state index is -0.528. The highest BCUT2D eigenvalue weighted by Gasteiger charge is 2.50. The van der Waals surface area contributed by atoms with Gasteiger partial charge in [-0.3, -0.25) is 0 Å². The lowest BCUT2D eigenvalue weighted by Crippen LogP contribution is -2.32. The number of fused-ring (bicyclic) bond motifs is 11. The number of anilines is 2. The van der Waals surface area contributed by atoms with E-state index in [0.29, 0.717) is 0 Å². The van der Waals surface area contributed by atoms with Gasteiger partial charge in [-0.15, -0.1) is 0 Å². The van der Waals surface area contributed by atoms with Crippen LogP contribution in [0.4, 0.5) is 11.4 Å². The highest BCUT2D eigenvalue weighted by Crippen LogP contribution is 2.63. The Labute approximate surface area is 337 Å². The van der Waals surface area contributed by atoms with Crippen molar-refractivity contribution in [2.45, 2.75) is 22.1 Å². The van der Waals surface area contributed by atoms with Crippen LogP contribution in [0.3, 0.4) is 0 Å². The number of hydrogen-bond acceptors (Lipinski definition) is 3. The fourth-order valence-corrected chi connectivity index (χ4v) is 10.5. The van der Waals surface area contributed by atoms with Crippen LogP contribution in [0.25, 0.3) is 50.1 Å². The summed E-state index contributed by atoms with van der Waals surface area (Å²) in [5.41, 5.74) is 14.6. The summed E-state index contributed by atoms with van der Waals surface area (Å²) in [6, 6.07) is 66.4. The first-order valence-corrected chi connectivity index (χ1v) is 20.3. The third kappa shape index (κ3) is 5.13. The van der Waals surface area contributed by atoms with Crippen LogP contribution in [0.2, 0.25) is 0 Å². The molecule has 57 heavy (non-hydrogen) atoms. The fraction of sp³-hybridized carbons (Fsp3) is 0.0370. The third-order valence-electron chi connectivity index (χ3n) is 11.9. The third-order valence-corrected chi connectivity index (χ3v) is 13.1. The molecule has 270 valence electrons. The van der Waals surface area contributed by atoms with E-state index in [9.17, 15) is 0 Å². The number of aryl methyl sites for hydroxylation is 1. The number of allylic oxidation sites excluding steroid dienone is 1. The molecule has 0 unspecified atom stereocenters. The average Bonchev–Trinajstić information content (AvgIpc) is 3.73. The molecule has 0 saturated carbocycles. The minimum absolute atomic E-state index is 0.528. The normalized spacial score (nSPS) is 13.6. The summed E-state index contributed by atoms with van der Waals surface area (Å²) in [5, 5.41) is 3.60. The van der Waals surface area contributed by atoms with Gasteiger partial charge in [0.25, 0.3) is 0 Å². The van der Waals surface area contributed by atoms with Crippen molar-refractivity contribution in [1.29, 1.82) is 0 Å². The zero-order valence-electron chi connectivity index (χ0n) is 31.4. The van der Waals surface area contributed by atoms with Crippen molar-refractivity contribution in [2.24, 2.45) is 0 Å². The molecule has 1 aliphatic heterocycles. The first kappa shape index (κ1) is 33.5. The molecule has 2 aliphatic rings. The minimum Gasteiger partial charge on any atom is -0.456 e. The first-order valence-electron chi connectivity index (χ1n) is 19.4. The van der Waals surface area contributed by atoms with Gasteiger partial charge in [0.2, 0.25) is 0 Å². The standard InChI is InChI=1S/C54H37NOS/c1-3-40(34-51-35(2)43-19-9-12-22-50(43)56-51)55(41-27-25-37(26-28-41)36-15-5-4-6-16-36)42-29-30-44-45-31-38-17-7-8-18-39(38)32-48(45)54(49(44)33-42)46-20-10-13-23-52(46)57-53-24-14-11-21-47(53)54/h3-34H,1H2,2H3/b40-34+. The number of para-hydroxylation sites is 1. The molecule has 0 fully saturated rings. The predicted molar refractivity (Wildman–Crippen MR) is 239 cm³/mol. The second kappa shape index (κ2) is 13.2. The Bertz CT molecular complexity index is 3030. The highest BCUT2D eigenvalue weighted by molar-refractivity contribution is 7.99. The van der Waals surface area contributed by atoms with Crippen LogP contribution in [0.5, 0.6) is 0 Å². The maximum absolute atomic E-state index is 6.50. The number of nitrogens with zero attached hydrogens (tertiary/aromatic N) is 1. The van der Waals surface area contributed by atoms with E-state index < -0.39 is 5.41 Å². The van der Waals surface area contributed by atoms with Gasteiger partial charge in [-0.2, -0.15) is 0 Å². The summed E-state index contributed by atoms with van der Waals surface area (Å²) in [6.45, 7) is 6.54. The van der Waals surface area contributed by atoms with Crippen molar-refractivity contribution >= 4 is 51.0 Å². The molecule has 0 bridgehead atoms. The van der Waals surface area contributed by atoms with Crippen LogP contribution < -0.4 is 4.90 Å². The number of benzene rings is 8. The van der Waals surface area contributed by atoms with E-state index in [4.69, 9.17) is 4.42 Å². The molecule has 0 saturated heterocycles. The van der Waals surface area contributed by atoms with E-state index >= 15 is 0 Å². The van der Waals surface area contributed by atoms with Crippen molar-refractivity contribution in [2.75, 3.05) is 4.90 Å². The average molecular weight is 748 g/mol. The summed E-state index contributed by atoms with van der Waals surface area (Å²) in [7, 11) is 0. The van der Waals surface area contributed by atoms with Crippen LogP contribution in [0, 0.1) is 6.92 Å². The molecule has 1 aromatic heterocycles. The Morgan fingerprint density at radius 2 is 1.16 bits per heavy atom. The van der Waals surface area contributed by atoms with E-state index in [-0.39, 0.29) is 0 Å². The zero-order chi connectivity index (χ0) is 38.1. The number of rotatable bonds is 6. The van der Waals surface area contributed by atoms with Gasteiger partial charge in [-0.05, 0) is 123 Å². The first-order chi connectivity index (χ1) is 28.1. The van der Waals surface area contributed by atoms with Crippen molar-refractivity contribution in [3.8, 4) is 22.3 Å². The summed E-state index contributed by atoms with van der Waals surface area (Å²) < 4.78 is 6.50. The second-order valence-corrected chi connectivity index (χ2v) is 16.0. The highest BCUT2D eigenvalue weighted by atomic mass is 32.2. The van der Waals surface area contributed by atoms with Gasteiger partial charge in [-0.1, -0.05) is 146 Å². The predicted octanol–water partition coefficient (Wildman–Crippen LogP) is 14.8. The van der Waals surface area contributed by atoms with Gasteiger partial charge in [0, 0.05) is 43.9 Å². The van der Waals surface area contributed by atoms with Gasteiger partial charge < -0.3 is 9.32 Å². The Balaban J connectivity index is 1.18. The van der Waals surface area contributed by atoms with E-state index in [1.165, 1.54) is 65.1 Å². The smallest absolute Gasteiger partial charge is 0.135 e. The monoisotopic (exact) mass is 747 g/mol. The van der Waals surface area contributed by atoms with E-state index in [0.717, 1.165) is 39.4 Å². The molecule has 11 rings (SSSR count). The Morgan fingerprint density at radius 1 is 0.561 bits per heavy atom. The van der Waals surface area contributed by atoms with E-state index in [1.807, 2.05) is 30.0 Å². The Morgan fingerprint density at radius 3 is 1.88 bits per heavy atom. The summed E-state index contributed by atoms with van der Waals surface area (Å²) >= 11 is 1.87. The summed E-state index contributed by atoms with van der Waals surface area (Å²) in [6.07, 6.45) is 4.09. The van der Waals surface area contributed by atoms with Crippen LogP contribution in [-0.2, 0) is 5.41 Å². The van der Waals surface area contributed by atoms with Crippen LogP contribution >= 0.6 is 11.8 Å². The summed E-state index contributed by atoms with van der Waals surface area (Å²) in [5.74, 6) is 0.820. The van der Waals surface area contributed by atoms with Gasteiger partial charge in [0.05, 0.1) is 5.41 Å². The molecule has 0 radical (unpaired) electrons. The lowest BCUT2D eigenvalue weighted by atomic mass is 9.67. The maximum Gasteiger partial charge on any atom is 0.135 e. The fourth-order valence-electron chi connectivity index (χ4n) is 9.27. The van der Waals surface area contributed by atoms with Crippen molar-refractivity contribution in [1.82, 2.24) is 0 Å². The number of hydrogen-bond donors (Lipinski definition) is 0. The lowest BCUT2D eigenvalue weighted by Gasteiger charge is -2.40. The molecule has 1 spiro atoms. The maximum atomic E-state index is 6.50. The summed E-state index contributed by atoms with van der Waals surface area (Å²) in [4.78, 5) is 4.90. The lowest BCUT2D eigenvalue weighted by molar-refractivity contribution is 0.600. The van der Waals surface area contributed by atoms with Crippen LogP contribution in [-0.4, -0.2) is 0 Å².